The number of aliphatic hydroxyl groups is 1. The Labute approximate surface area is 411 Å². The van der Waals surface area contributed by atoms with E-state index in [2.05, 4.69) is 46.2 Å². The first kappa shape index (κ1) is 55.8. The van der Waals surface area contributed by atoms with Crippen molar-refractivity contribution in [3.8, 4) is 17.2 Å². The van der Waals surface area contributed by atoms with E-state index in [1.54, 1.807) is 60.7 Å². The second-order valence-corrected chi connectivity index (χ2v) is 29.8. The average molecular weight is 989 g/mol. The Morgan fingerprint density at radius 3 is 1.00 bits per heavy atom. The summed E-state index contributed by atoms with van der Waals surface area (Å²) in [6, 6.07) is 48.9. The number of benzene rings is 6. The summed E-state index contributed by atoms with van der Waals surface area (Å²) in [5, 5.41) is 8.64. The molecule has 0 aliphatic heterocycles. The van der Waals surface area contributed by atoms with Gasteiger partial charge < -0.3 is 36.7 Å². The molecule has 69 heavy (non-hydrogen) atoms. The third-order valence-electron chi connectivity index (χ3n) is 9.36. The molecule has 0 saturated carbocycles. The van der Waals surface area contributed by atoms with E-state index in [-0.39, 0.29) is 30.6 Å². The quantitative estimate of drug-likeness (QED) is 0.0353. The maximum Gasteiger partial charge on any atom is 0.476 e. The van der Waals surface area contributed by atoms with Gasteiger partial charge in [-0.3, -0.25) is 14.4 Å². The molecule has 6 rings (SSSR count). The minimum absolute atomic E-state index is 0.000702. The van der Waals surface area contributed by atoms with Gasteiger partial charge in [0.05, 0.1) is 19.8 Å². The van der Waals surface area contributed by atoms with E-state index in [1.807, 2.05) is 110 Å². The van der Waals surface area contributed by atoms with E-state index in [9.17, 15) is 14.4 Å². The van der Waals surface area contributed by atoms with Crippen LogP contribution in [0.2, 0.25) is 45.8 Å². The van der Waals surface area contributed by atoms with Crippen molar-refractivity contribution in [1.29, 1.82) is 0 Å². The lowest BCUT2D eigenvalue weighted by Crippen LogP contribution is -2.55. The van der Waals surface area contributed by atoms with Gasteiger partial charge in [-0.1, -0.05) is 97.9 Å². The third kappa shape index (κ3) is 21.2. The molecule has 0 heterocycles. The van der Waals surface area contributed by atoms with Crippen LogP contribution in [0.25, 0.3) is 0 Å². The number of rotatable bonds is 24. The first-order valence-corrected chi connectivity index (χ1v) is 32.2. The van der Waals surface area contributed by atoms with Crippen LogP contribution in [0.1, 0.15) is 61.1 Å². The summed E-state index contributed by atoms with van der Waals surface area (Å²) in [4.78, 5) is 36.8. The molecule has 0 bridgehead atoms. The number of carbonyl (C=O) groups excluding carboxylic acids is 3. The summed E-state index contributed by atoms with van der Waals surface area (Å²) >= 11 is 0. The molecule has 0 radical (unpaired) electrons. The summed E-state index contributed by atoms with van der Waals surface area (Å²) in [7, 11) is -6.32. The van der Waals surface area contributed by atoms with Crippen molar-refractivity contribution < 1.29 is 51.1 Å². The largest absolute Gasteiger partial charge is 0.491 e. The summed E-state index contributed by atoms with van der Waals surface area (Å²) in [5.41, 5.74) is 3.96. The van der Waals surface area contributed by atoms with Crippen molar-refractivity contribution in [3.05, 3.63) is 197 Å². The fraction of sp³-hybridized carbons (Fsp3) is 0.291. The number of carbonyl (C=O) groups is 3. The highest BCUT2D eigenvalue weighted by Gasteiger charge is 2.43. The van der Waals surface area contributed by atoms with Gasteiger partial charge in [0, 0.05) is 46.5 Å². The fourth-order valence-electron chi connectivity index (χ4n) is 6.58. The van der Waals surface area contributed by atoms with Crippen LogP contribution in [0.3, 0.4) is 0 Å². The number of aliphatic hydroxyl groups excluding tert-OH is 1. The molecule has 0 atom stereocenters. The fourth-order valence-corrected chi connectivity index (χ4v) is 16.9. The van der Waals surface area contributed by atoms with E-state index >= 15 is 0 Å². The first-order valence-electron chi connectivity index (χ1n) is 23.2. The highest BCUT2D eigenvalue weighted by Crippen LogP contribution is 2.23. The molecule has 1 N–H and O–H groups in total. The molecule has 0 aromatic heterocycles. The monoisotopic (exact) mass is 988 g/mol. The van der Waals surface area contributed by atoms with Gasteiger partial charge in [-0.25, -0.2) is 0 Å². The van der Waals surface area contributed by atoms with Crippen LogP contribution < -0.4 is 14.2 Å². The van der Waals surface area contributed by atoms with Crippen LogP contribution in [0.15, 0.2) is 164 Å². The highest BCUT2D eigenvalue weighted by atomic mass is 28.5. The molecule has 366 valence electrons. The molecular formula is C55H68O11Si3. The molecule has 0 aliphatic rings. The third-order valence-corrected chi connectivity index (χ3v) is 18.0. The van der Waals surface area contributed by atoms with Crippen LogP contribution in [0.5, 0.6) is 17.2 Å². The molecule has 11 nitrogen and oxygen atoms in total. The Kier molecular flexibility index (Phi) is 23.1. The van der Waals surface area contributed by atoms with Crippen LogP contribution in [-0.4, -0.2) is 94.1 Å². The molecule has 0 saturated heterocycles. The van der Waals surface area contributed by atoms with Crippen molar-refractivity contribution in [2.24, 2.45) is 0 Å². The number of ether oxygens (including phenoxy) is 4. The second kappa shape index (κ2) is 28.6. The molecule has 0 fully saturated rings. The smallest absolute Gasteiger partial charge is 0.476 e. The van der Waals surface area contributed by atoms with Crippen molar-refractivity contribution >= 4 is 42.8 Å². The van der Waals surface area contributed by atoms with E-state index in [0.29, 0.717) is 71.3 Å². The minimum Gasteiger partial charge on any atom is -0.491 e. The maximum atomic E-state index is 12.5. The number of hydrogen-bond donors (Lipinski definition) is 1. The summed E-state index contributed by atoms with van der Waals surface area (Å²) in [6.07, 6.45) is 1.01. The zero-order valence-electron chi connectivity index (χ0n) is 41.3. The Morgan fingerprint density at radius 2 is 0.696 bits per heavy atom. The standard InChI is InChI=1S/C22H34O5Si3.C18H20O3.C15H14O3/c1-28(2,3)26-30(7,27-29(4,5)6)25-18-17-24-21-15-13-20(14-16-21)22(23)19-11-9-8-10-12-19;1-2-12-20-13-14-21-17-10-8-16(9-11-17)18(19)15-6-4-3-5-7-15;16-10-11-18-14-8-6-13(7-9-14)15(17)12-4-2-1-3-5-12/h8-16H,17-18H2,1-7H3;3-11H,2,12-14H2,1H3;1-9,16H,10-11H2. The average Bonchev–Trinajstić information content (AvgIpc) is 3.34. The van der Waals surface area contributed by atoms with Crippen LogP contribution >= 0.6 is 0 Å². The summed E-state index contributed by atoms with van der Waals surface area (Å²) in [5.74, 6) is 2.11. The highest BCUT2D eigenvalue weighted by molar-refractivity contribution is 6.85. The van der Waals surface area contributed by atoms with Gasteiger partial charge in [0.1, 0.15) is 37.1 Å². The lowest BCUT2D eigenvalue weighted by atomic mass is 10.0. The van der Waals surface area contributed by atoms with E-state index < -0.39 is 25.4 Å². The second-order valence-electron chi connectivity index (χ2n) is 17.7. The predicted molar refractivity (Wildman–Crippen MR) is 280 cm³/mol. The predicted octanol–water partition coefficient (Wildman–Crippen LogP) is 11.6. The molecular weight excluding hydrogens is 921 g/mol. The van der Waals surface area contributed by atoms with E-state index in [0.717, 1.165) is 18.8 Å². The van der Waals surface area contributed by atoms with Crippen LogP contribution in [0.4, 0.5) is 0 Å². The molecule has 14 heteroatoms. The van der Waals surface area contributed by atoms with Crippen molar-refractivity contribution in [1.82, 2.24) is 0 Å². The van der Waals surface area contributed by atoms with Gasteiger partial charge in [-0.15, -0.1) is 0 Å². The van der Waals surface area contributed by atoms with Crippen molar-refractivity contribution in [2.45, 2.75) is 59.2 Å². The van der Waals surface area contributed by atoms with Crippen molar-refractivity contribution in [2.75, 3.05) is 46.2 Å². The van der Waals surface area contributed by atoms with Crippen molar-refractivity contribution in [3.63, 3.8) is 0 Å². The SMILES string of the molecule is CCCOCCOc1ccc(C(=O)c2ccccc2)cc1.C[Si](C)(C)O[Si](C)(OCCOc1ccc(C(=O)c2ccccc2)cc1)O[Si](C)(C)C.O=C(c1ccccc1)c1ccc(OCCO)cc1. The Morgan fingerprint density at radius 1 is 0.391 bits per heavy atom. The molecule has 0 aliphatic carbocycles. The van der Waals surface area contributed by atoms with Crippen LogP contribution in [-0.2, 0) is 17.4 Å². The molecule has 0 amide bonds. The first-order chi connectivity index (χ1) is 33.0. The van der Waals surface area contributed by atoms with Gasteiger partial charge in [0.2, 0.25) is 0 Å². The van der Waals surface area contributed by atoms with Gasteiger partial charge in [0.15, 0.2) is 34.0 Å². The van der Waals surface area contributed by atoms with Gasteiger partial charge in [-0.2, -0.15) is 0 Å². The zero-order chi connectivity index (χ0) is 50.1. The normalized spacial score (nSPS) is 11.3. The summed E-state index contributed by atoms with van der Waals surface area (Å²) < 4.78 is 40.7. The maximum absolute atomic E-state index is 12.5. The molecule has 0 unspecified atom stereocenters. The summed E-state index contributed by atoms with van der Waals surface area (Å²) in [6.45, 7) is 19.8. The lowest BCUT2D eigenvalue weighted by Gasteiger charge is -2.37. The number of ketones is 3. The topological polar surface area (TPSA) is 136 Å². The van der Waals surface area contributed by atoms with Crippen LogP contribution in [0, 0.1) is 0 Å². The van der Waals surface area contributed by atoms with Gasteiger partial charge >= 0.3 is 8.80 Å². The van der Waals surface area contributed by atoms with Gasteiger partial charge in [0.25, 0.3) is 0 Å². The molecule has 6 aromatic rings. The Balaban J connectivity index is 0.000000234. The van der Waals surface area contributed by atoms with E-state index in [1.165, 1.54) is 0 Å². The lowest BCUT2D eigenvalue weighted by molar-refractivity contribution is 0.100. The number of hydrogen-bond acceptors (Lipinski definition) is 11. The zero-order valence-corrected chi connectivity index (χ0v) is 44.3. The minimum atomic E-state index is -2.72. The van der Waals surface area contributed by atoms with Gasteiger partial charge in [-0.05, 0) is 118 Å². The van der Waals surface area contributed by atoms with E-state index in [4.69, 9.17) is 36.7 Å². The molecule has 6 aromatic carbocycles. The molecule has 0 spiro atoms. The Hall–Kier alpha value is -5.82. The Bertz CT molecular complexity index is 2390.